The third-order valence-electron chi connectivity index (χ3n) is 4.14. The second-order valence-electron chi connectivity index (χ2n) is 5.93. The van der Waals surface area contributed by atoms with E-state index in [9.17, 15) is 0 Å². The first-order valence-electron chi connectivity index (χ1n) is 6.00. The zero-order valence-corrected chi connectivity index (χ0v) is 9.79. The minimum Gasteiger partial charge on any atom is -0.324 e. The standard InChI is InChI=1S/C12H24N2/c1-9-6-14(7-10(9)2)8-12(3,13)11-4-5-11/h9-11H,4-8,13H2,1-3H3. The molecular weight excluding hydrogens is 172 g/mol. The molecule has 2 N–H and O–H groups in total. The number of rotatable bonds is 3. The molecule has 2 rings (SSSR count). The van der Waals surface area contributed by atoms with Crippen molar-refractivity contribution in [2.45, 2.75) is 39.2 Å². The molecule has 1 saturated carbocycles. The highest BCUT2D eigenvalue weighted by molar-refractivity contribution is 4.98. The second-order valence-corrected chi connectivity index (χ2v) is 5.93. The van der Waals surface area contributed by atoms with Crippen LogP contribution in [-0.4, -0.2) is 30.1 Å². The molecule has 14 heavy (non-hydrogen) atoms. The van der Waals surface area contributed by atoms with E-state index in [1.807, 2.05) is 0 Å². The quantitative estimate of drug-likeness (QED) is 0.744. The Labute approximate surface area is 87.8 Å². The molecule has 1 heterocycles. The van der Waals surface area contributed by atoms with Gasteiger partial charge in [0.1, 0.15) is 0 Å². The van der Waals surface area contributed by atoms with E-state index in [0.717, 1.165) is 24.3 Å². The number of nitrogens with two attached hydrogens (primary N) is 1. The number of likely N-dealkylation sites (tertiary alicyclic amines) is 1. The molecule has 1 aliphatic carbocycles. The molecule has 2 heteroatoms. The van der Waals surface area contributed by atoms with Gasteiger partial charge in [0.05, 0.1) is 0 Å². The summed E-state index contributed by atoms with van der Waals surface area (Å²) in [6, 6.07) is 0. The van der Waals surface area contributed by atoms with Crippen LogP contribution in [0.1, 0.15) is 33.6 Å². The van der Waals surface area contributed by atoms with Gasteiger partial charge in [0, 0.05) is 25.2 Å². The van der Waals surface area contributed by atoms with Crippen molar-refractivity contribution < 1.29 is 0 Å². The SMILES string of the molecule is CC1CN(CC(C)(N)C2CC2)CC1C. The van der Waals surface area contributed by atoms with Gasteiger partial charge in [0.25, 0.3) is 0 Å². The zero-order chi connectivity index (χ0) is 10.3. The summed E-state index contributed by atoms with van der Waals surface area (Å²) in [5.41, 5.74) is 6.42. The van der Waals surface area contributed by atoms with Crippen LogP contribution in [0.4, 0.5) is 0 Å². The van der Waals surface area contributed by atoms with Crippen LogP contribution in [0.2, 0.25) is 0 Å². The topological polar surface area (TPSA) is 29.3 Å². The minimum atomic E-state index is 0.0732. The summed E-state index contributed by atoms with van der Waals surface area (Å²) in [5, 5.41) is 0. The van der Waals surface area contributed by atoms with E-state index in [1.165, 1.54) is 25.9 Å². The van der Waals surface area contributed by atoms with Crippen LogP contribution in [-0.2, 0) is 0 Å². The van der Waals surface area contributed by atoms with Gasteiger partial charge < -0.3 is 10.6 Å². The fraction of sp³-hybridized carbons (Fsp3) is 1.00. The highest BCUT2D eigenvalue weighted by Gasteiger charge is 2.40. The van der Waals surface area contributed by atoms with E-state index >= 15 is 0 Å². The van der Waals surface area contributed by atoms with Gasteiger partial charge in [-0.25, -0.2) is 0 Å². The molecule has 0 bridgehead atoms. The number of hydrogen-bond acceptors (Lipinski definition) is 2. The molecule has 1 aliphatic heterocycles. The predicted octanol–water partition coefficient (Wildman–Crippen LogP) is 1.70. The van der Waals surface area contributed by atoms with Crippen molar-refractivity contribution in [2.75, 3.05) is 19.6 Å². The van der Waals surface area contributed by atoms with E-state index in [-0.39, 0.29) is 5.54 Å². The Morgan fingerprint density at radius 2 is 1.71 bits per heavy atom. The summed E-state index contributed by atoms with van der Waals surface area (Å²) in [6.07, 6.45) is 2.71. The Hall–Kier alpha value is -0.0800. The average molecular weight is 196 g/mol. The van der Waals surface area contributed by atoms with Gasteiger partial charge in [-0.1, -0.05) is 13.8 Å². The van der Waals surface area contributed by atoms with E-state index in [2.05, 4.69) is 25.7 Å². The van der Waals surface area contributed by atoms with Gasteiger partial charge in [0.2, 0.25) is 0 Å². The van der Waals surface area contributed by atoms with Gasteiger partial charge in [-0.05, 0) is 37.5 Å². The van der Waals surface area contributed by atoms with Crippen LogP contribution in [0, 0.1) is 17.8 Å². The normalized spacial score (nSPS) is 38.6. The van der Waals surface area contributed by atoms with E-state index in [1.54, 1.807) is 0 Å². The molecule has 0 aromatic heterocycles. The Morgan fingerprint density at radius 3 is 2.14 bits per heavy atom. The Morgan fingerprint density at radius 1 is 1.21 bits per heavy atom. The number of hydrogen-bond donors (Lipinski definition) is 1. The number of nitrogens with zero attached hydrogens (tertiary/aromatic N) is 1. The first kappa shape index (κ1) is 10.4. The van der Waals surface area contributed by atoms with Crippen LogP contribution in [0.3, 0.4) is 0 Å². The zero-order valence-electron chi connectivity index (χ0n) is 9.79. The Kier molecular flexibility index (Phi) is 2.61. The average Bonchev–Trinajstić information content (AvgIpc) is 2.81. The second kappa shape index (κ2) is 3.49. The van der Waals surface area contributed by atoms with Gasteiger partial charge >= 0.3 is 0 Å². The summed E-state index contributed by atoms with van der Waals surface area (Å²) in [5.74, 6) is 2.50. The molecule has 0 amide bonds. The maximum Gasteiger partial charge on any atom is 0.0283 e. The molecule has 2 aliphatic rings. The summed E-state index contributed by atoms with van der Waals surface area (Å²) in [7, 11) is 0. The largest absolute Gasteiger partial charge is 0.324 e. The van der Waals surface area contributed by atoms with Crippen LogP contribution < -0.4 is 5.73 Å². The summed E-state index contributed by atoms with van der Waals surface area (Å²) in [6.45, 7) is 10.6. The maximum atomic E-state index is 6.35. The summed E-state index contributed by atoms with van der Waals surface area (Å²) < 4.78 is 0. The molecule has 1 saturated heterocycles. The van der Waals surface area contributed by atoms with E-state index in [0.29, 0.717) is 0 Å². The first-order valence-corrected chi connectivity index (χ1v) is 6.00. The first-order chi connectivity index (χ1) is 6.49. The van der Waals surface area contributed by atoms with Crippen LogP contribution in [0.5, 0.6) is 0 Å². The van der Waals surface area contributed by atoms with Crippen molar-refractivity contribution in [3.05, 3.63) is 0 Å². The molecule has 2 nitrogen and oxygen atoms in total. The molecule has 3 atom stereocenters. The van der Waals surface area contributed by atoms with Crippen molar-refractivity contribution in [2.24, 2.45) is 23.5 Å². The molecular formula is C12H24N2. The van der Waals surface area contributed by atoms with Crippen molar-refractivity contribution >= 4 is 0 Å². The monoisotopic (exact) mass is 196 g/mol. The molecule has 0 radical (unpaired) electrons. The molecule has 0 aromatic carbocycles. The van der Waals surface area contributed by atoms with Gasteiger partial charge in [-0.2, -0.15) is 0 Å². The smallest absolute Gasteiger partial charge is 0.0283 e. The van der Waals surface area contributed by atoms with Crippen molar-refractivity contribution in [3.8, 4) is 0 Å². The third-order valence-corrected chi connectivity index (χ3v) is 4.14. The Balaban J connectivity index is 1.86. The Bertz CT molecular complexity index is 198. The lowest BCUT2D eigenvalue weighted by Gasteiger charge is -2.30. The lowest BCUT2D eigenvalue weighted by atomic mass is 9.97. The van der Waals surface area contributed by atoms with Crippen molar-refractivity contribution in [1.82, 2.24) is 4.90 Å². The molecule has 0 aromatic rings. The molecule has 0 spiro atoms. The minimum absolute atomic E-state index is 0.0732. The fourth-order valence-electron chi connectivity index (χ4n) is 2.73. The molecule has 3 unspecified atom stereocenters. The summed E-state index contributed by atoms with van der Waals surface area (Å²) in [4.78, 5) is 2.56. The van der Waals surface area contributed by atoms with Crippen LogP contribution in [0.25, 0.3) is 0 Å². The predicted molar refractivity (Wildman–Crippen MR) is 60.1 cm³/mol. The van der Waals surface area contributed by atoms with Gasteiger partial charge in [0.15, 0.2) is 0 Å². The lowest BCUT2D eigenvalue weighted by Crippen LogP contribution is -2.49. The van der Waals surface area contributed by atoms with Crippen molar-refractivity contribution in [3.63, 3.8) is 0 Å². The van der Waals surface area contributed by atoms with E-state index < -0.39 is 0 Å². The molecule has 82 valence electrons. The van der Waals surface area contributed by atoms with Crippen molar-refractivity contribution in [1.29, 1.82) is 0 Å². The third kappa shape index (κ3) is 2.12. The van der Waals surface area contributed by atoms with Gasteiger partial charge in [-0.15, -0.1) is 0 Å². The van der Waals surface area contributed by atoms with Crippen LogP contribution in [0.15, 0.2) is 0 Å². The fourth-order valence-corrected chi connectivity index (χ4v) is 2.73. The highest BCUT2D eigenvalue weighted by atomic mass is 15.2. The van der Waals surface area contributed by atoms with Gasteiger partial charge in [-0.3, -0.25) is 0 Å². The lowest BCUT2D eigenvalue weighted by molar-refractivity contribution is 0.231. The van der Waals surface area contributed by atoms with E-state index in [4.69, 9.17) is 5.73 Å². The summed E-state index contributed by atoms with van der Waals surface area (Å²) >= 11 is 0. The maximum absolute atomic E-state index is 6.35. The highest BCUT2D eigenvalue weighted by Crippen LogP contribution is 2.39. The molecule has 2 fully saturated rings. The van der Waals surface area contributed by atoms with Crippen LogP contribution >= 0.6 is 0 Å².